The van der Waals surface area contributed by atoms with Crippen LogP contribution in [0.1, 0.15) is 24.5 Å². The lowest BCUT2D eigenvalue weighted by Crippen LogP contribution is -2.07. The van der Waals surface area contributed by atoms with Crippen LogP contribution in [0.3, 0.4) is 0 Å². The molecule has 0 unspecified atom stereocenters. The Balaban J connectivity index is 1.64. The van der Waals surface area contributed by atoms with Crippen LogP contribution in [0.4, 0.5) is 5.82 Å². The van der Waals surface area contributed by atoms with Gasteiger partial charge in [0.2, 0.25) is 0 Å². The van der Waals surface area contributed by atoms with E-state index in [0.29, 0.717) is 5.02 Å². The van der Waals surface area contributed by atoms with Gasteiger partial charge in [0.25, 0.3) is 0 Å². The average molecular weight is 326 g/mol. The molecule has 0 aliphatic heterocycles. The number of nitrogens with one attached hydrogen (secondary N) is 1. The molecule has 118 valence electrons. The Bertz CT molecular complexity index is 784. The molecule has 0 fully saturated rings. The molecule has 0 bridgehead atoms. The Morgan fingerprint density at radius 3 is 2.43 bits per heavy atom. The van der Waals surface area contributed by atoms with Crippen LogP contribution in [0.2, 0.25) is 5.02 Å². The van der Waals surface area contributed by atoms with Crippen LogP contribution < -0.4 is 5.32 Å². The van der Waals surface area contributed by atoms with Gasteiger partial charge < -0.3 is 5.32 Å². The minimum Gasteiger partial charge on any atom is -0.369 e. The lowest BCUT2D eigenvalue weighted by atomic mass is 10.1. The number of rotatable bonds is 6. The molecule has 0 radical (unpaired) electrons. The number of benzene rings is 2. The van der Waals surface area contributed by atoms with Crippen molar-refractivity contribution in [3.63, 3.8) is 0 Å². The standard InChI is InChI=1S/C19H20ClN3/c1-2-3-14-4-6-15(7-5-14)10-11-21-19-17-9-8-16(20)12-18(17)22-13-23-19/h4-9,12-13H,2-3,10-11H2,1H3,(H,21,22,23). The van der Waals surface area contributed by atoms with Crippen molar-refractivity contribution >= 4 is 28.3 Å². The van der Waals surface area contributed by atoms with Crippen molar-refractivity contribution in [2.45, 2.75) is 26.2 Å². The summed E-state index contributed by atoms with van der Waals surface area (Å²) in [4.78, 5) is 8.60. The second kappa shape index (κ2) is 7.42. The van der Waals surface area contributed by atoms with Gasteiger partial charge in [-0.1, -0.05) is 49.2 Å². The molecular formula is C19H20ClN3. The van der Waals surface area contributed by atoms with Gasteiger partial charge >= 0.3 is 0 Å². The Morgan fingerprint density at radius 1 is 0.957 bits per heavy atom. The van der Waals surface area contributed by atoms with Crippen LogP contribution >= 0.6 is 11.6 Å². The van der Waals surface area contributed by atoms with Gasteiger partial charge in [0.1, 0.15) is 12.1 Å². The number of fused-ring (bicyclic) bond motifs is 1. The first-order chi connectivity index (χ1) is 11.3. The molecule has 3 rings (SSSR count). The number of halogens is 1. The number of anilines is 1. The summed E-state index contributed by atoms with van der Waals surface area (Å²) in [6, 6.07) is 14.6. The van der Waals surface area contributed by atoms with E-state index in [2.05, 4.69) is 46.5 Å². The fraction of sp³-hybridized carbons (Fsp3) is 0.263. The van der Waals surface area contributed by atoms with Crippen molar-refractivity contribution in [1.82, 2.24) is 9.97 Å². The highest BCUT2D eigenvalue weighted by atomic mass is 35.5. The highest BCUT2D eigenvalue weighted by Crippen LogP contribution is 2.22. The summed E-state index contributed by atoms with van der Waals surface area (Å²) >= 11 is 6.01. The van der Waals surface area contributed by atoms with Gasteiger partial charge in [-0.15, -0.1) is 0 Å². The van der Waals surface area contributed by atoms with E-state index in [1.165, 1.54) is 17.5 Å². The number of aryl methyl sites for hydroxylation is 1. The predicted molar refractivity (Wildman–Crippen MR) is 97.2 cm³/mol. The Morgan fingerprint density at radius 2 is 1.70 bits per heavy atom. The minimum atomic E-state index is 0.689. The van der Waals surface area contributed by atoms with Gasteiger partial charge in [-0.05, 0) is 42.2 Å². The molecule has 23 heavy (non-hydrogen) atoms. The molecule has 0 saturated heterocycles. The van der Waals surface area contributed by atoms with E-state index < -0.39 is 0 Å². The molecule has 1 heterocycles. The first kappa shape index (κ1) is 15.8. The number of hydrogen-bond acceptors (Lipinski definition) is 3. The zero-order valence-electron chi connectivity index (χ0n) is 13.2. The fourth-order valence-corrected chi connectivity index (χ4v) is 2.82. The van der Waals surface area contributed by atoms with Crippen LogP contribution in [-0.2, 0) is 12.8 Å². The van der Waals surface area contributed by atoms with Crippen molar-refractivity contribution in [3.8, 4) is 0 Å². The zero-order valence-corrected chi connectivity index (χ0v) is 14.0. The van der Waals surface area contributed by atoms with E-state index in [9.17, 15) is 0 Å². The van der Waals surface area contributed by atoms with Crippen LogP contribution in [0.5, 0.6) is 0 Å². The van der Waals surface area contributed by atoms with Crippen molar-refractivity contribution < 1.29 is 0 Å². The molecule has 0 atom stereocenters. The molecule has 0 aliphatic rings. The van der Waals surface area contributed by atoms with Crippen molar-refractivity contribution in [1.29, 1.82) is 0 Å². The topological polar surface area (TPSA) is 37.8 Å². The van der Waals surface area contributed by atoms with E-state index in [4.69, 9.17) is 11.6 Å². The molecule has 0 amide bonds. The van der Waals surface area contributed by atoms with Crippen molar-refractivity contribution in [2.75, 3.05) is 11.9 Å². The van der Waals surface area contributed by atoms with Crippen molar-refractivity contribution in [2.24, 2.45) is 0 Å². The van der Waals surface area contributed by atoms with Gasteiger partial charge in [-0.2, -0.15) is 0 Å². The Hall–Kier alpha value is -2.13. The molecule has 3 nitrogen and oxygen atoms in total. The molecule has 0 saturated carbocycles. The van der Waals surface area contributed by atoms with E-state index in [1.54, 1.807) is 6.33 Å². The Kier molecular flexibility index (Phi) is 5.09. The monoisotopic (exact) mass is 325 g/mol. The highest BCUT2D eigenvalue weighted by molar-refractivity contribution is 6.31. The lowest BCUT2D eigenvalue weighted by molar-refractivity contribution is 0.918. The molecule has 4 heteroatoms. The molecule has 2 aromatic carbocycles. The van der Waals surface area contributed by atoms with Gasteiger partial charge in [0.15, 0.2) is 0 Å². The predicted octanol–water partition coefficient (Wildman–Crippen LogP) is 4.89. The van der Waals surface area contributed by atoms with Gasteiger partial charge in [0, 0.05) is 17.0 Å². The van der Waals surface area contributed by atoms with Crippen LogP contribution in [0, 0.1) is 0 Å². The number of nitrogens with zero attached hydrogens (tertiary/aromatic N) is 2. The molecule has 1 N–H and O–H groups in total. The maximum atomic E-state index is 6.01. The SMILES string of the molecule is CCCc1ccc(CCNc2ncnc3cc(Cl)ccc23)cc1. The maximum absolute atomic E-state index is 6.01. The van der Waals surface area contributed by atoms with Gasteiger partial charge in [-0.25, -0.2) is 9.97 Å². The number of hydrogen-bond donors (Lipinski definition) is 1. The summed E-state index contributed by atoms with van der Waals surface area (Å²) < 4.78 is 0. The summed E-state index contributed by atoms with van der Waals surface area (Å²) in [5.74, 6) is 0.856. The minimum absolute atomic E-state index is 0.689. The summed E-state index contributed by atoms with van der Waals surface area (Å²) in [7, 11) is 0. The summed E-state index contributed by atoms with van der Waals surface area (Å²) in [5, 5.41) is 5.09. The first-order valence-corrected chi connectivity index (χ1v) is 8.36. The lowest BCUT2D eigenvalue weighted by Gasteiger charge is -2.09. The van der Waals surface area contributed by atoms with E-state index in [1.807, 2.05) is 18.2 Å². The normalized spacial score (nSPS) is 10.9. The first-order valence-electron chi connectivity index (χ1n) is 7.98. The van der Waals surface area contributed by atoms with E-state index >= 15 is 0 Å². The van der Waals surface area contributed by atoms with Gasteiger partial charge in [-0.3, -0.25) is 0 Å². The van der Waals surface area contributed by atoms with Gasteiger partial charge in [0.05, 0.1) is 5.52 Å². The van der Waals surface area contributed by atoms with Crippen molar-refractivity contribution in [3.05, 3.63) is 64.9 Å². The fourth-order valence-electron chi connectivity index (χ4n) is 2.66. The Labute approximate surface area is 141 Å². The van der Waals surface area contributed by atoms with Crippen LogP contribution in [-0.4, -0.2) is 16.5 Å². The second-order valence-electron chi connectivity index (χ2n) is 5.63. The van der Waals surface area contributed by atoms with Crippen LogP contribution in [0.25, 0.3) is 10.9 Å². The molecule has 0 aliphatic carbocycles. The largest absolute Gasteiger partial charge is 0.369 e. The zero-order chi connectivity index (χ0) is 16.1. The summed E-state index contributed by atoms with van der Waals surface area (Å²) in [5.41, 5.74) is 3.60. The third-order valence-corrected chi connectivity index (χ3v) is 4.10. The molecule has 1 aromatic heterocycles. The molecule has 0 spiro atoms. The third-order valence-electron chi connectivity index (χ3n) is 3.87. The molecule has 3 aromatic rings. The number of aromatic nitrogens is 2. The third kappa shape index (κ3) is 3.99. The quantitative estimate of drug-likeness (QED) is 0.701. The smallest absolute Gasteiger partial charge is 0.137 e. The van der Waals surface area contributed by atoms with E-state index in [0.717, 1.165) is 36.1 Å². The average Bonchev–Trinajstić information content (AvgIpc) is 2.56. The summed E-state index contributed by atoms with van der Waals surface area (Å²) in [6.45, 7) is 3.04. The maximum Gasteiger partial charge on any atom is 0.137 e. The van der Waals surface area contributed by atoms with E-state index in [-0.39, 0.29) is 0 Å². The molecular weight excluding hydrogens is 306 g/mol. The second-order valence-corrected chi connectivity index (χ2v) is 6.06. The summed E-state index contributed by atoms with van der Waals surface area (Å²) in [6.07, 6.45) is 4.87. The highest BCUT2D eigenvalue weighted by Gasteiger charge is 2.04. The van der Waals surface area contributed by atoms with Crippen LogP contribution in [0.15, 0.2) is 48.8 Å².